The average molecular weight is 272 g/mol. The van der Waals surface area contributed by atoms with Crippen LogP contribution >= 0.6 is 15.9 Å². The molecule has 0 atom stereocenters. The predicted molar refractivity (Wildman–Crippen MR) is 62.3 cm³/mol. The molecule has 1 aliphatic carbocycles. The number of rotatable bonds is 4. The molecule has 0 spiro atoms. The fourth-order valence-electron chi connectivity index (χ4n) is 1.57. The molecule has 1 aromatic heterocycles. The number of hydrogen-bond acceptors (Lipinski definition) is 4. The minimum absolute atomic E-state index is 0.596. The first-order valence-corrected chi connectivity index (χ1v) is 5.88. The molecule has 1 saturated carbocycles. The second kappa shape index (κ2) is 4.35. The van der Waals surface area contributed by atoms with E-state index in [-0.39, 0.29) is 0 Å². The highest BCUT2D eigenvalue weighted by molar-refractivity contribution is 9.10. The Labute approximate surface area is 97.8 Å². The van der Waals surface area contributed by atoms with E-state index in [1.165, 1.54) is 12.8 Å². The molecule has 0 saturated heterocycles. The van der Waals surface area contributed by atoms with Crippen molar-refractivity contribution in [1.29, 1.82) is 0 Å². The third kappa shape index (κ3) is 2.22. The Kier molecular flexibility index (Phi) is 3.09. The number of aromatic nitrogens is 2. The lowest BCUT2D eigenvalue weighted by molar-refractivity contribution is 0.393. The summed E-state index contributed by atoms with van der Waals surface area (Å²) in [5, 5.41) is 0. The summed E-state index contributed by atoms with van der Waals surface area (Å²) in [4.78, 5) is 10.9. The van der Waals surface area contributed by atoms with Crippen LogP contribution in [0.15, 0.2) is 10.7 Å². The van der Waals surface area contributed by atoms with Crippen LogP contribution in [0.1, 0.15) is 19.8 Å². The number of hydrogen-bond donors (Lipinski definition) is 0. The minimum atomic E-state index is 0.596. The van der Waals surface area contributed by atoms with Gasteiger partial charge in [0.1, 0.15) is 0 Å². The maximum atomic E-state index is 5.16. The second-order valence-corrected chi connectivity index (χ2v) is 4.40. The number of methoxy groups -OCH3 is 1. The van der Waals surface area contributed by atoms with Gasteiger partial charge in [-0.05, 0) is 35.7 Å². The van der Waals surface area contributed by atoms with Crippen LogP contribution < -0.4 is 9.64 Å². The van der Waals surface area contributed by atoms with Gasteiger partial charge in [-0.3, -0.25) is 0 Å². The fraction of sp³-hybridized carbons (Fsp3) is 0.600. The van der Waals surface area contributed by atoms with Crippen molar-refractivity contribution in [3.63, 3.8) is 0 Å². The first-order valence-electron chi connectivity index (χ1n) is 5.09. The van der Waals surface area contributed by atoms with E-state index in [0.29, 0.717) is 11.9 Å². The maximum Gasteiger partial charge on any atom is 0.232 e. The molecule has 0 unspecified atom stereocenters. The molecule has 15 heavy (non-hydrogen) atoms. The van der Waals surface area contributed by atoms with Crippen LogP contribution in [0, 0.1) is 0 Å². The van der Waals surface area contributed by atoms with Crippen LogP contribution in [0.4, 0.5) is 5.95 Å². The molecule has 0 aliphatic heterocycles. The number of halogens is 1. The van der Waals surface area contributed by atoms with E-state index in [4.69, 9.17) is 4.74 Å². The van der Waals surface area contributed by atoms with Crippen LogP contribution in [0.2, 0.25) is 0 Å². The third-order valence-electron chi connectivity index (χ3n) is 2.48. The highest BCUT2D eigenvalue weighted by atomic mass is 79.9. The number of anilines is 1. The van der Waals surface area contributed by atoms with Gasteiger partial charge in [-0.1, -0.05) is 0 Å². The molecule has 5 heteroatoms. The molecule has 1 aliphatic rings. The Morgan fingerprint density at radius 1 is 1.60 bits per heavy atom. The van der Waals surface area contributed by atoms with E-state index >= 15 is 0 Å². The summed E-state index contributed by atoms with van der Waals surface area (Å²) in [5.74, 6) is 1.36. The van der Waals surface area contributed by atoms with Gasteiger partial charge in [0.15, 0.2) is 0 Å². The molecular weight excluding hydrogens is 258 g/mol. The fourth-order valence-corrected chi connectivity index (χ4v) is 1.93. The van der Waals surface area contributed by atoms with Gasteiger partial charge in [0.05, 0.1) is 17.8 Å². The van der Waals surface area contributed by atoms with Crippen LogP contribution in [-0.2, 0) is 0 Å². The molecule has 1 fully saturated rings. The van der Waals surface area contributed by atoms with E-state index < -0.39 is 0 Å². The van der Waals surface area contributed by atoms with E-state index in [0.717, 1.165) is 17.0 Å². The van der Waals surface area contributed by atoms with Gasteiger partial charge in [0, 0.05) is 12.6 Å². The van der Waals surface area contributed by atoms with E-state index in [1.54, 1.807) is 13.3 Å². The first-order chi connectivity index (χ1) is 7.26. The van der Waals surface area contributed by atoms with Crippen molar-refractivity contribution < 1.29 is 4.74 Å². The standard InChI is InChI=1S/C10H14BrN3O/c1-3-14(7-4-5-7)10-12-6-8(11)9(13-10)15-2/h6-7H,3-5H2,1-2H3. The Morgan fingerprint density at radius 3 is 2.87 bits per heavy atom. The van der Waals surface area contributed by atoms with Gasteiger partial charge in [0.25, 0.3) is 0 Å². The number of ether oxygens (including phenoxy) is 1. The molecule has 1 aromatic rings. The summed E-state index contributed by atoms with van der Waals surface area (Å²) in [6.45, 7) is 3.06. The molecule has 0 N–H and O–H groups in total. The van der Waals surface area contributed by atoms with Crippen LogP contribution in [0.25, 0.3) is 0 Å². The van der Waals surface area contributed by atoms with E-state index in [1.807, 2.05) is 0 Å². The normalized spacial score (nSPS) is 15.1. The highest BCUT2D eigenvalue weighted by Crippen LogP contribution is 2.31. The molecular formula is C10H14BrN3O. The molecule has 0 amide bonds. The SMILES string of the molecule is CCN(c1ncc(Br)c(OC)n1)C1CC1. The maximum absolute atomic E-state index is 5.16. The van der Waals surface area contributed by atoms with Crippen molar-refractivity contribution in [1.82, 2.24) is 9.97 Å². The van der Waals surface area contributed by atoms with E-state index in [9.17, 15) is 0 Å². The largest absolute Gasteiger partial charge is 0.480 e. The second-order valence-electron chi connectivity index (χ2n) is 3.54. The predicted octanol–water partition coefficient (Wildman–Crippen LogP) is 2.24. The summed E-state index contributed by atoms with van der Waals surface area (Å²) in [6.07, 6.45) is 4.23. The zero-order chi connectivity index (χ0) is 10.8. The minimum Gasteiger partial charge on any atom is -0.480 e. The van der Waals surface area contributed by atoms with Crippen molar-refractivity contribution in [3.05, 3.63) is 10.7 Å². The summed E-state index contributed by atoms with van der Waals surface area (Å²) in [5.41, 5.74) is 0. The van der Waals surface area contributed by atoms with Crippen molar-refractivity contribution in [2.45, 2.75) is 25.8 Å². The van der Waals surface area contributed by atoms with Crippen LogP contribution in [0.5, 0.6) is 5.88 Å². The summed E-state index contributed by atoms with van der Waals surface area (Å²) >= 11 is 3.35. The topological polar surface area (TPSA) is 38.2 Å². The molecule has 2 rings (SSSR count). The zero-order valence-corrected chi connectivity index (χ0v) is 10.5. The molecule has 0 aromatic carbocycles. The summed E-state index contributed by atoms with van der Waals surface area (Å²) in [7, 11) is 1.62. The van der Waals surface area contributed by atoms with Crippen molar-refractivity contribution in [3.8, 4) is 5.88 Å². The van der Waals surface area contributed by atoms with Crippen molar-refractivity contribution >= 4 is 21.9 Å². The van der Waals surface area contributed by atoms with Crippen molar-refractivity contribution in [2.75, 3.05) is 18.6 Å². The van der Waals surface area contributed by atoms with Crippen LogP contribution in [-0.4, -0.2) is 29.7 Å². The Bertz CT molecular complexity index is 355. The number of nitrogens with zero attached hydrogens (tertiary/aromatic N) is 3. The molecule has 1 heterocycles. The third-order valence-corrected chi connectivity index (χ3v) is 3.02. The first kappa shape index (κ1) is 10.7. The Hall–Kier alpha value is -0.840. The zero-order valence-electron chi connectivity index (χ0n) is 8.90. The van der Waals surface area contributed by atoms with Gasteiger partial charge in [0.2, 0.25) is 11.8 Å². The summed E-state index contributed by atoms with van der Waals surface area (Å²) in [6, 6.07) is 0.626. The van der Waals surface area contributed by atoms with Gasteiger partial charge in [-0.25, -0.2) is 4.98 Å². The molecule has 4 nitrogen and oxygen atoms in total. The van der Waals surface area contributed by atoms with Crippen molar-refractivity contribution in [2.24, 2.45) is 0 Å². The van der Waals surface area contributed by atoms with Gasteiger partial charge >= 0.3 is 0 Å². The average Bonchev–Trinajstić information content (AvgIpc) is 3.06. The summed E-state index contributed by atoms with van der Waals surface area (Å²) < 4.78 is 5.95. The van der Waals surface area contributed by atoms with Crippen LogP contribution in [0.3, 0.4) is 0 Å². The Balaban J connectivity index is 2.26. The molecule has 82 valence electrons. The van der Waals surface area contributed by atoms with E-state index in [2.05, 4.69) is 37.7 Å². The molecule has 0 radical (unpaired) electrons. The van der Waals surface area contributed by atoms with Gasteiger partial charge in [-0.2, -0.15) is 4.98 Å². The highest BCUT2D eigenvalue weighted by Gasteiger charge is 2.30. The van der Waals surface area contributed by atoms with Gasteiger partial charge < -0.3 is 9.64 Å². The monoisotopic (exact) mass is 271 g/mol. The lowest BCUT2D eigenvalue weighted by atomic mass is 10.5. The Morgan fingerprint density at radius 2 is 2.33 bits per heavy atom. The quantitative estimate of drug-likeness (QED) is 0.842. The lowest BCUT2D eigenvalue weighted by Gasteiger charge is -2.20. The smallest absolute Gasteiger partial charge is 0.232 e. The molecule has 0 bridgehead atoms. The lowest BCUT2D eigenvalue weighted by Crippen LogP contribution is -2.27. The van der Waals surface area contributed by atoms with Gasteiger partial charge in [-0.15, -0.1) is 0 Å².